The van der Waals surface area contributed by atoms with E-state index in [1.807, 2.05) is 0 Å². The molecule has 1 aliphatic carbocycles. The molecule has 5 rings (SSSR count). The fraction of sp³-hybridized carbons (Fsp3) is 0.379. The maximum atomic E-state index is 14.5. The van der Waals surface area contributed by atoms with E-state index in [1.165, 1.54) is 40.6 Å². The van der Waals surface area contributed by atoms with Gasteiger partial charge >= 0.3 is 6.09 Å². The van der Waals surface area contributed by atoms with Gasteiger partial charge in [0.1, 0.15) is 29.5 Å². The lowest BCUT2D eigenvalue weighted by molar-refractivity contribution is 0.0466. The van der Waals surface area contributed by atoms with Crippen molar-refractivity contribution in [3.05, 3.63) is 71.8 Å². The van der Waals surface area contributed by atoms with Gasteiger partial charge in [0.15, 0.2) is 5.69 Å². The van der Waals surface area contributed by atoms with Crippen molar-refractivity contribution >= 4 is 23.5 Å². The summed E-state index contributed by atoms with van der Waals surface area (Å²) in [4.78, 5) is 33.5. The highest BCUT2D eigenvalue weighted by atomic mass is 19.3. The molecule has 2 amide bonds. The smallest absolute Gasteiger partial charge is 0.413 e. The van der Waals surface area contributed by atoms with Crippen LogP contribution < -0.4 is 15.6 Å². The number of pyridine rings is 1. The van der Waals surface area contributed by atoms with Gasteiger partial charge in [-0.2, -0.15) is 0 Å². The Kier molecular flexibility index (Phi) is 8.42. The fourth-order valence-corrected chi connectivity index (χ4v) is 4.49. The summed E-state index contributed by atoms with van der Waals surface area (Å²) >= 11 is 0. The number of carbonyl (C=O) groups excluding carboxylic acids is 2. The van der Waals surface area contributed by atoms with Gasteiger partial charge < -0.3 is 19.6 Å². The average molecular weight is 601 g/mol. The van der Waals surface area contributed by atoms with Crippen LogP contribution >= 0.6 is 0 Å². The predicted octanol–water partition coefficient (Wildman–Crippen LogP) is 5.07. The normalized spacial score (nSPS) is 17.3. The average Bonchev–Trinajstić information content (AvgIpc) is 3.47. The number of aliphatic hydroxyl groups excluding tert-OH is 1. The van der Waals surface area contributed by atoms with Crippen LogP contribution in [-0.4, -0.2) is 56.7 Å². The van der Waals surface area contributed by atoms with Crippen molar-refractivity contribution in [1.82, 2.24) is 20.3 Å². The van der Waals surface area contributed by atoms with E-state index in [0.717, 1.165) is 25.2 Å². The molecular formula is C29H31F3N6O5. The molecule has 2 aliphatic rings. The van der Waals surface area contributed by atoms with Crippen LogP contribution in [0.4, 0.5) is 29.5 Å². The van der Waals surface area contributed by atoms with Gasteiger partial charge in [-0.25, -0.2) is 32.9 Å². The summed E-state index contributed by atoms with van der Waals surface area (Å²) in [5.74, 6) is -1.08. The molecule has 228 valence electrons. The minimum absolute atomic E-state index is 0.0297. The van der Waals surface area contributed by atoms with E-state index in [1.54, 1.807) is 26.8 Å². The molecule has 11 nitrogen and oxygen atoms in total. The lowest BCUT2D eigenvalue weighted by Gasteiger charge is -2.33. The second kappa shape index (κ2) is 12.1. The lowest BCUT2D eigenvalue weighted by atomic mass is 10.2. The molecule has 1 atom stereocenters. The highest BCUT2D eigenvalue weighted by molar-refractivity contribution is 5.94. The Morgan fingerprint density at radius 3 is 2.60 bits per heavy atom. The van der Waals surface area contributed by atoms with Crippen LogP contribution in [0.25, 0.3) is 11.5 Å². The molecule has 1 aliphatic heterocycles. The van der Waals surface area contributed by atoms with Crippen molar-refractivity contribution in [2.45, 2.75) is 58.3 Å². The molecule has 1 saturated carbocycles. The maximum Gasteiger partial charge on any atom is 0.413 e. The molecule has 14 heteroatoms. The molecule has 0 radical (unpaired) electrons. The van der Waals surface area contributed by atoms with Crippen LogP contribution in [0, 0.1) is 11.7 Å². The molecule has 0 saturated heterocycles. The Labute approximate surface area is 245 Å². The number of hydrogen-bond donors (Lipinski definition) is 3. The second-order valence-corrected chi connectivity index (χ2v) is 11.3. The third-order valence-electron chi connectivity index (χ3n) is 6.66. The minimum Gasteiger partial charge on any atom is -0.444 e. The number of alkyl halides is 2. The van der Waals surface area contributed by atoms with Crippen molar-refractivity contribution in [3.63, 3.8) is 0 Å². The standard InChI is InChI=1S/C29H31F3N6O5/c1-29(2,3)43-28(41)36-23-10-17(8-9-33-23)27-35-22(15-42-27)26(40)34-21-13-37(19-7-6-18(14-39)20(30)11-19)38(12-16-4-5-16)24(21)25(31)32/h6-11,13,15-16,24-25,39H,4-5,12,14H2,1-3H3,(H,34,40)(H,33,36,41). The van der Waals surface area contributed by atoms with Crippen LogP contribution in [0.3, 0.4) is 0 Å². The first-order valence-electron chi connectivity index (χ1n) is 13.6. The van der Waals surface area contributed by atoms with Crippen LogP contribution in [0.1, 0.15) is 49.7 Å². The largest absolute Gasteiger partial charge is 0.444 e. The zero-order valence-electron chi connectivity index (χ0n) is 23.7. The Hall–Kier alpha value is -4.43. The molecule has 1 aromatic carbocycles. The molecular weight excluding hydrogens is 569 g/mol. The zero-order chi connectivity index (χ0) is 30.9. The van der Waals surface area contributed by atoms with Gasteiger partial charge in [0.25, 0.3) is 12.3 Å². The Morgan fingerprint density at radius 1 is 1.19 bits per heavy atom. The highest BCUT2D eigenvalue weighted by Gasteiger charge is 2.43. The lowest BCUT2D eigenvalue weighted by Crippen LogP contribution is -2.48. The van der Waals surface area contributed by atoms with Gasteiger partial charge in [0, 0.05) is 30.1 Å². The van der Waals surface area contributed by atoms with Gasteiger partial charge in [-0.15, -0.1) is 0 Å². The number of anilines is 2. The molecule has 2 aromatic heterocycles. The Morgan fingerprint density at radius 2 is 1.95 bits per heavy atom. The summed E-state index contributed by atoms with van der Waals surface area (Å²) in [6, 6.07) is 5.57. The molecule has 3 heterocycles. The summed E-state index contributed by atoms with van der Waals surface area (Å²) in [6.07, 6.45) is 2.00. The first kappa shape index (κ1) is 30.0. The molecule has 0 spiro atoms. The van der Waals surface area contributed by atoms with E-state index in [2.05, 4.69) is 20.6 Å². The first-order valence-corrected chi connectivity index (χ1v) is 13.6. The maximum absolute atomic E-state index is 14.5. The fourth-order valence-electron chi connectivity index (χ4n) is 4.49. The van der Waals surface area contributed by atoms with Gasteiger partial charge in [0.2, 0.25) is 5.89 Å². The van der Waals surface area contributed by atoms with E-state index < -0.39 is 42.5 Å². The number of carbonyl (C=O) groups is 2. The number of nitrogens with zero attached hydrogens (tertiary/aromatic N) is 4. The zero-order valence-corrected chi connectivity index (χ0v) is 23.7. The summed E-state index contributed by atoms with van der Waals surface area (Å²) in [7, 11) is 0. The molecule has 43 heavy (non-hydrogen) atoms. The number of ether oxygens (including phenoxy) is 1. The number of aromatic nitrogens is 2. The molecule has 0 bridgehead atoms. The molecule has 1 unspecified atom stereocenters. The SMILES string of the molecule is CC(C)(C)OC(=O)Nc1cc(-c2nc(C(=O)NC3=CN(c4ccc(CO)c(F)c4)N(CC4CC4)C3C(F)F)co2)ccn1. The molecule has 1 fully saturated rings. The van der Waals surface area contributed by atoms with Gasteiger partial charge in [-0.3, -0.25) is 15.1 Å². The molecule has 3 aromatic rings. The van der Waals surface area contributed by atoms with E-state index >= 15 is 0 Å². The van der Waals surface area contributed by atoms with Gasteiger partial charge in [-0.1, -0.05) is 6.07 Å². The van der Waals surface area contributed by atoms with Crippen molar-refractivity contribution in [2.24, 2.45) is 5.92 Å². The van der Waals surface area contributed by atoms with E-state index in [-0.39, 0.29) is 46.8 Å². The second-order valence-electron chi connectivity index (χ2n) is 11.3. The number of rotatable bonds is 9. The summed E-state index contributed by atoms with van der Waals surface area (Å²) in [5, 5.41) is 17.2. The van der Waals surface area contributed by atoms with Gasteiger partial charge in [0.05, 0.1) is 18.0 Å². The summed E-state index contributed by atoms with van der Waals surface area (Å²) in [6.45, 7) is 4.94. The number of nitrogens with one attached hydrogen (secondary N) is 2. The number of halogens is 3. The molecule has 3 N–H and O–H groups in total. The topological polar surface area (TPSA) is 133 Å². The van der Waals surface area contributed by atoms with Crippen molar-refractivity contribution in [2.75, 3.05) is 16.9 Å². The number of oxazole rings is 1. The van der Waals surface area contributed by atoms with Gasteiger partial charge in [-0.05, 0) is 63.8 Å². The van der Waals surface area contributed by atoms with Crippen LogP contribution in [0.15, 0.2) is 59.1 Å². The summed E-state index contributed by atoms with van der Waals surface area (Å²) < 4.78 is 54.1. The number of hydrazine groups is 1. The van der Waals surface area contributed by atoms with Crippen LogP contribution in [-0.2, 0) is 11.3 Å². The monoisotopic (exact) mass is 600 g/mol. The van der Waals surface area contributed by atoms with Crippen molar-refractivity contribution < 1.29 is 37.0 Å². The predicted molar refractivity (Wildman–Crippen MR) is 149 cm³/mol. The Bertz CT molecular complexity index is 1530. The number of amides is 2. The third-order valence-corrected chi connectivity index (χ3v) is 6.66. The third kappa shape index (κ3) is 7.14. The van der Waals surface area contributed by atoms with Crippen LogP contribution in [0.2, 0.25) is 0 Å². The Balaban J connectivity index is 1.35. The van der Waals surface area contributed by atoms with E-state index in [9.17, 15) is 27.9 Å². The van der Waals surface area contributed by atoms with Crippen LogP contribution in [0.5, 0.6) is 0 Å². The minimum atomic E-state index is -2.88. The number of aliphatic hydroxyl groups is 1. The van der Waals surface area contributed by atoms with E-state index in [4.69, 9.17) is 9.15 Å². The number of benzene rings is 1. The highest BCUT2D eigenvalue weighted by Crippen LogP contribution is 2.37. The van der Waals surface area contributed by atoms with E-state index in [0.29, 0.717) is 5.56 Å². The number of hydrogen-bond acceptors (Lipinski definition) is 9. The first-order chi connectivity index (χ1) is 20.4. The quantitative estimate of drug-likeness (QED) is 0.308. The van der Waals surface area contributed by atoms with Crippen molar-refractivity contribution in [3.8, 4) is 11.5 Å². The summed E-state index contributed by atoms with van der Waals surface area (Å²) in [5.41, 5.74) is -0.249. The van der Waals surface area contributed by atoms with Crippen molar-refractivity contribution in [1.29, 1.82) is 0 Å².